The Morgan fingerprint density at radius 2 is 1.61 bits per heavy atom. The highest BCUT2D eigenvalue weighted by atomic mass is 16.7. The van der Waals surface area contributed by atoms with Crippen molar-refractivity contribution in [3.05, 3.63) is 23.3 Å². The van der Waals surface area contributed by atoms with Crippen molar-refractivity contribution in [2.45, 2.75) is 119 Å². The molecule has 49 heavy (non-hydrogen) atoms. The van der Waals surface area contributed by atoms with E-state index in [1.165, 1.54) is 0 Å². The summed E-state index contributed by atoms with van der Waals surface area (Å²) < 4.78 is 0. The van der Waals surface area contributed by atoms with Crippen LogP contribution in [-0.4, -0.2) is 46.9 Å². The maximum atomic E-state index is 14.7. The molecule has 264 valence electrons. The fourth-order valence-corrected chi connectivity index (χ4v) is 11.4. The van der Waals surface area contributed by atoms with Crippen LogP contribution in [0.25, 0.3) is 0 Å². The lowest BCUT2D eigenvalue weighted by Gasteiger charge is -2.69. The molecule has 0 aromatic rings. The molecule has 6 rings (SSSR count). The van der Waals surface area contributed by atoms with Crippen LogP contribution >= 0.6 is 0 Å². The number of ketones is 2. The van der Waals surface area contributed by atoms with Gasteiger partial charge in [0.1, 0.15) is 6.07 Å². The van der Waals surface area contributed by atoms with E-state index >= 15 is 0 Å². The number of fused-ring (bicyclic) bond motifs is 7. The average Bonchev–Trinajstić information content (AvgIpc) is 3.34. The maximum Gasteiger partial charge on any atom is 0.333 e. The number of Topliss-reactive ketones (excluding diaryl/α,β-unsaturated/α-hetero) is 1. The lowest BCUT2D eigenvalue weighted by Crippen LogP contribution is -2.66. The zero-order chi connectivity index (χ0) is 35.9. The quantitative estimate of drug-likeness (QED) is 0.278. The molecular weight excluding hydrogens is 622 g/mol. The second kappa shape index (κ2) is 11.5. The Balaban J connectivity index is 1.27. The molecule has 1 heterocycles. The van der Waals surface area contributed by atoms with E-state index in [9.17, 15) is 34.0 Å². The minimum Gasteiger partial charge on any atom is -0.356 e. The van der Waals surface area contributed by atoms with Gasteiger partial charge in [-0.1, -0.05) is 60.1 Å². The van der Waals surface area contributed by atoms with Crippen molar-refractivity contribution in [1.82, 2.24) is 10.4 Å². The summed E-state index contributed by atoms with van der Waals surface area (Å²) in [6.07, 6.45) is 9.25. The third kappa shape index (κ3) is 5.07. The minimum absolute atomic E-state index is 0.0270. The first-order chi connectivity index (χ1) is 22.8. The smallest absolute Gasteiger partial charge is 0.333 e. The van der Waals surface area contributed by atoms with E-state index in [-0.39, 0.29) is 83.9 Å². The second-order valence-electron chi connectivity index (χ2n) is 17.8. The van der Waals surface area contributed by atoms with Gasteiger partial charge >= 0.3 is 5.97 Å². The van der Waals surface area contributed by atoms with Gasteiger partial charge in [0.15, 0.2) is 11.6 Å². The Kier molecular flexibility index (Phi) is 8.24. The first kappa shape index (κ1) is 35.2. The normalized spacial score (nSPS) is 39.0. The van der Waals surface area contributed by atoms with E-state index in [1.807, 2.05) is 26.0 Å². The molecule has 5 aliphatic carbocycles. The number of hydrogen-bond acceptors (Lipinski definition) is 8. The van der Waals surface area contributed by atoms with E-state index in [0.29, 0.717) is 24.3 Å². The molecule has 0 spiro atoms. The van der Waals surface area contributed by atoms with Gasteiger partial charge in [-0.15, -0.1) is 5.06 Å². The Morgan fingerprint density at radius 1 is 0.959 bits per heavy atom. The van der Waals surface area contributed by atoms with Crippen LogP contribution in [0.1, 0.15) is 119 Å². The fraction of sp³-hybridized carbons (Fsp3) is 0.718. The fourth-order valence-electron chi connectivity index (χ4n) is 11.4. The van der Waals surface area contributed by atoms with E-state index in [1.54, 1.807) is 0 Å². The number of allylic oxidation sites excluding steroid dienone is 4. The van der Waals surface area contributed by atoms with Gasteiger partial charge in [-0.05, 0) is 85.5 Å². The van der Waals surface area contributed by atoms with E-state index in [2.05, 4.69) is 46.0 Å². The molecule has 4 fully saturated rings. The molecule has 3 saturated carbocycles. The number of nitrogens with zero attached hydrogens (tertiary/aromatic N) is 2. The summed E-state index contributed by atoms with van der Waals surface area (Å²) >= 11 is 0. The van der Waals surface area contributed by atoms with Crippen molar-refractivity contribution in [2.75, 3.05) is 6.54 Å². The molecule has 1 N–H and O–H groups in total. The summed E-state index contributed by atoms with van der Waals surface area (Å²) in [6, 6.07) is 2.16. The summed E-state index contributed by atoms with van der Waals surface area (Å²) in [7, 11) is 0. The average molecular weight is 674 g/mol. The van der Waals surface area contributed by atoms with E-state index < -0.39 is 39.4 Å². The number of carbonyl (C=O) groups excluding carboxylic acids is 6. The molecule has 1 aliphatic heterocycles. The largest absolute Gasteiger partial charge is 0.356 e. The van der Waals surface area contributed by atoms with Gasteiger partial charge in [-0.2, -0.15) is 5.26 Å². The van der Waals surface area contributed by atoms with Gasteiger partial charge in [-0.25, -0.2) is 4.79 Å². The molecule has 0 aromatic heterocycles. The summed E-state index contributed by atoms with van der Waals surface area (Å²) in [5, 5.41) is 13.6. The van der Waals surface area contributed by atoms with Crippen LogP contribution in [0.5, 0.6) is 0 Å². The summed E-state index contributed by atoms with van der Waals surface area (Å²) in [6.45, 7) is 15.2. The van der Waals surface area contributed by atoms with Crippen LogP contribution in [0, 0.1) is 61.6 Å². The van der Waals surface area contributed by atoms with Crippen molar-refractivity contribution in [3.63, 3.8) is 0 Å². The van der Waals surface area contributed by atoms with Crippen LogP contribution < -0.4 is 5.32 Å². The Morgan fingerprint density at radius 3 is 2.27 bits per heavy atom. The number of nitrogens with one attached hydrogen (secondary N) is 1. The molecule has 6 aliphatic rings. The molecule has 1 saturated heterocycles. The summed E-state index contributed by atoms with van der Waals surface area (Å²) in [4.78, 5) is 83.3. The number of hydroxylamine groups is 2. The zero-order valence-electron chi connectivity index (χ0n) is 30.1. The van der Waals surface area contributed by atoms with Crippen molar-refractivity contribution in [1.29, 1.82) is 5.26 Å². The van der Waals surface area contributed by atoms with E-state index in [4.69, 9.17) is 4.84 Å². The van der Waals surface area contributed by atoms with Gasteiger partial charge < -0.3 is 10.2 Å². The number of amides is 3. The molecule has 10 nitrogen and oxygen atoms in total. The highest BCUT2D eigenvalue weighted by Gasteiger charge is 2.70. The van der Waals surface area contributed by atoms with E-state index in [0.717, 1.165) is 31.3 Å². The third-order valence-electron chi connectivity index (χ3n) is 14.4. The molecule has 0 aromatic carbocycles. The second-order valence-corrected chi connectivity index (χ2v) is 17.8. The first-order valence-electron chi connectivity index (χ1n) is 18.1. The molecule has 0 radical (unpaired) electrons. The van der Waals surface area contributed by atoms with Crippen LogP contribution in [0.2, 0.25) is 0 Å². The number of carbonyl (C=O) groups is 6. The van der Waals surface area contributed by atoms with Crippen LogP contribution in [0.4, 0.5) is 0 Å². The van der Waals surface area contributed by atoms with Gasteiger partial charge in [-0.3, -0.25) is 24.0 Å². The SMILES string of the molecule is CC1(C)CC[C@]2(C(=O)NCCCC(=O)ON3C(=O)CCC3=O)CC[C@]3(C)[C@H](C(=O)C=C4[C@@]5(C)C=C(C#N)C(=O)C(C)(C)[C@@H]5CC[C@]43C)[C@@H]2C1. The molecule has 3 amide bonds. The lowest BCUT2D eigenvalue weighted by molar-refractivity contribution is -0.197. The van der Waals surface area contributed by atoms with Crippen LogP contribution in [-0.2, 0) is 33.6 Å². The molecule has 0 unspecified atom stereocenters. The highest BCUT2D eigenvalue weighted by Crippen LogP contribution is 2.74. The van der Waals surface area contributed by atoms with Gasteiger partial charge in [0.05, 0.1) is 11.0 Å². The van der Waals surface area contributed by atoms with Crippen LogP contribution in [0.15, 0.2) is 23.3 Å². The molecule has 10 heteroatoms. The summed E-state index contributed by atoms with van der Waals surface area (Å²) in [5.74, 6) is -2.48. The minimum atomic E-state index is -0.732. The standard InChI is InChI=1S/C39H51N3O7/c1-34(2)14-16-39(33(48)41-18-8-9-30(46)49-42-28(44)10-11-29(42)45)17-15-38(7)31(24(39)21-34)25(43)19-27-36(5)20-23(22-40)32(47)35(3,4)26(36)12-13-37(27,38)6/h19-20,24,26,31H,8-18,21H2,1-7H3,(H,41,48)/t24-,26-,31-,36-,37+,38+,39-/m0/s1. The Labute approximate surface area is 289 Å². The van der Waals surface area contributed by atoms with Gasteiger partial charge in [0, 0.05) is 42.6 Å². The number of imide groups is 1. The summed E-state index contributed by atoms with van der Waals surface area (Å²) in [5.41, 5.74) is -1.71. The predicted molar refractivity (Wildman–Crippen MR) is 178 cm³/mol. The van der Waals surface area contributed by atoms with Crippen LogP contribution in [0.3, 0.4) is 0 Å². The monoisotopic (exact) mass is 673 g/mol. The Bertz CT molecular complexity index is 1630. The molecular formula is C39H51N3O7. The first-order valence-corrected chi connectivity index (χ1v) is 18.1. The number of nitriles is 1. The molecule has 7 atom stereocenters. The van der Waals surface area contributed by atoms with Crippen molar-refractivity contribution >= 4 is 35.3 Å². The van der Waals surface area contributed by atoms with Gasteiger partial charge in [0.25, 0.3) is 11.8 Å². The maximum absolute atomic E-state index is 14.7. The zero-order valence-corrected chi connectivity index (χ0v) is 30.1. The topological polar surface area (TPSA) is 151 Å². The van der Waals surface area contributed by atoms with Crippen molar-refractivity contribution < 1.29 is 33.6 Å². The number of hydrogen-bond donors (Lipinski definition) is 1. The van der Waals surface area contributed by atoms with Crippen molar-refractivity contribution in [2.24, 2.45) is 50.2 Å². The predicted octanol–water partition coefficient (Wildman–Crippen LogP) is 5.71. The van der Waals surface area contributed by atoms with Crippen molar-refractivity contribution in [3.8, 4) is 6.07 Å². The third-order valence-corrected chi connectivity index (χ3v) is 14.4. The van der Waals surface area contributed by atoms with Gasteiger partial charge in [0.2, 0.25) is 5.91 Å². The lowest BCUT2D eigenvalue weighted by atomic mass is 9.34. The Hall–Kier alpha value is -3.61. The highest BCUT2D eigenvalue weighted by molar-refractivity contribution is 6.05. The molecule has 0 bridgehead atoms. The number of rotatable bonds is 6.